The first-order valence-corrected chi connectivity index (χ1v) is 7.56. The molecular formula is C17H26O3. The summed E-state index contributed by atoms with van der Waals surface area (Å²) in [4.78, 5) is 11.8. The monoisotopic (exact) mass is 278 g/mol. The fourth-order valence-corrected chi connectivity index (χ4v) is 2.11. The van der Waals surface area contributed by atoms with Crippen LogP contribution in [-0.2, 0) is 16.0 Å². The Morgan fingerprint density at radius 1 is 1.25 bits per heavy atom. The van der Waals surface area contributed by atoms with E-state index in [0.29, 0.717) is 18.9 Å². The molecule has 0 aromatic heterocycles. The number of hydrogen-bond donors (Lipinski definition) is 1. The zero-order valence-electron chi connectivity index (χ0n) is 12.5. The summed E-state index contributed by atoms with van der Waals surface area (Å²) in [6.45, 7) is 4.68. The molecule has 0 spiro atoms. The zero-order valence-corrected chi connectivity index (χ0v) is 12.5. The number of carbonyl (C=O) groups is 1. The maximum atomic E-state index is 11.8. The van der Waals surface area contributed by atoms with E-state index in [0.717, 1.165) is 31.2 Å². The summed E-state index contributed by atoms with van der Waals surface area (Å²) in [6, 6.07) is 9.49. The third-order valence-electron chi connectivity index (χ3n) is 3.55. The Morgan fingerprint density at radius 2 is 1.95 bits per heavy atom. The average Bonchev–Trinajstić information content (AvgIpc) is 2.48. The summed E-state index contributed by atoms with van der Waals surface area (Å²) >= 11 is 0. The van der Waals surface area contributed by atoms with Gasteiger partial charge in [0, 0.05) is 6.42 Å². The zero-order chi connectivity index (χ0) is 14.8. The topological polar surface area (TPSA) is 46.5 Å². The lowest BCUT2D eigenvalue weighted by atomic mass is 10.0. The van der Waals surface area contributed by atoms with Crippen molar-refractivity contribution >= 4 is 5.97 Å². The summed E-state index contributed by atoms with van der Waals surface area (Å²) in [7, 11) is 0. The number of unbranched alkanes of at least 4 members (excludes halogenated alkanes) is 1. The van der Waals surface area contributed by atoms with Gasteiger partial charge in [0.1, 0.15) is 0 Å². The maximum Gasteiger partial charge on any atom is 0.335 e. The predicted molar refractivity (Wildman–Crippen MR) is 80.4 cm³/mol. The van der Waals surface area contributed by atoms with Crippen molar-refractivity contribution in [2.24, 2.45) is 5.92 Å². The Morgan fingerprint density at radius 3 is 2.55 bits per heavy atom. The number of aliphatic hydroxyl groups excluding tert-OH is 1. The molecule has 0 radical (unpaired) electrons. The molecule has 20 heavy (non-hydrogen) atoms. The lowest BCUT2D eigenvalue weighted by Crippen LogP contribution is -2.27. The van der Waals surface area contributed by atoms with Gasteiger partial charge >= 0.3 is 5.97 Å². The quantitative estimate of drug-likeness (QED) is 0.705. The number of benzene rings is 1. The number of esters is 1. The second-order valence-electron chi connectivity index (χ2n) is 5.25. The van der Waals surface area contributed by atoms with Crippen LogP contribution in [0.5, 0.6) is 0 Å². The van der Waals surface area contributed by atoms with Gasteiger partial charge < -0.3 is 9.84 Å². The number of rotatable bonds is 9. The molecule has 0 aliphatic heterocycles. The van der Waals surface area contributed by atoms with Gasteiger partial charge in [0.05, 0.1) is 6.61 Å². The Kier molecular flexibility index (Phi) is 7.97. The van der Waals surface area contributed by atoms with Crippen LogP contribution in [0.15, 0.2) is 30.3 Å². The molecule has 1 rings (SSSR count). The molecule has 3 heteroatoms. The van der Waals surface area contributed by atoms with Crippen molar-refractivity contribution in [3.63, 3.8) is 0 Å². The van der Waals surface area contributed by atoms with E-state index in [-0.39, 0.29) is 0 Å². The fourth-order valence-electron chi connectivity index (χ4n) is 2.11. The van der Waals surface area contributed by atoms with E-state index in [1.54, 1.807) is 0 Å². The van der Waals surface area contributed by atoms with E-state index in [1.165, 1.54) is 0 Å². The molecule has 0 aliphatic rings. The Bertz CT molecular complexity index is 375. The van der Waals surface area contributed by atoms with Crippen LogP contribution in [0.4, 0.5) is 0 Å². The summed E-state index contributed by atoms with van der Waals surface area (Å²) in [6.07, 6.45) is 3.63. The van der Waals surface area contributed by atoms with Gasteiger partial charge in [-0.25, -0.2) is 4.79 Å². The second-order valence-corrected chi connectivity index (χ2v) is 5.25. The summed E-state index contributed by atoms with van der Waals surface area (Å²) < 4.78 is 5.24. The normalized spacial score (nSPS) is 13.8. The van der Waals surface area contributed by atoms with Gasteiger partial charge in [0.15, 0.2) is 6.10 Å². The van der Waals surface area contributed by atoms with E-state index in [1.807, 2.05) is 30.3 Å². The number of carbonyl (C=O) groups excluding carboxylic acids is 1. The van der Waals surface area contributed by atoms with E-state index >= 15 is 0 Å². The second kappa shape index (κ2) is 9.54. The molecule has 0 amide bonds. The first-order chi connectivity index (χ1) is 9.67. The lowest BCUT2D eigenvalue weighted by Gasteiger charge is -2.16. The highest BCUT2D eigenvalue weighted by atomic mass is 16.5. The molecule has 0 saturated carbocycles. The number of hydrogen-bond acceptors (Lipinski definition) is 3. The largest absolute Gasteiger partial charge is 0.463 e. The van der Waals surface area contributed by atoms with Crippen molar-refractivity contribution in [2.45, 2.75) is 52.1 Å². The smallest absolute Gasteiger partial charge is 0.335 e. The van der Waals surface area contributed by atoms with E-state index in [9.17, 15) is 9.90 Å². The summed E-state index contributed by atoms with van der Waals surface area (Å²) in [5.41, 5.74) is 0.940. The number of aliphatic hydroxyl groups is 1. The van der Waals surface area contributed by atoms with Gasteiger partial charge in [0.25, 0.3) is 0 Å². The molecule has 0 heterocycles. The highest BCUT2D eigenvalue weighted by Gasteiger charge is 2.18. The van der Waals surface area contributed by atoms with Crippen molar-refractivity contribution in [3.05, 3.63) is 35.9 Å². The first kappa shape index (κ1) is 16.7. The Balaban J connectivity index is 2.34. The van der Waals surface area contributed by atoms with E-state index in [4.69, 9.17) is 4.74 Å². The standard InChI is InChI=1S/C17H26O3/c1-3-5-9-14(4-2)13-20-17(19)16(18)12-15-10-7-6-8-11-15/h6-8,10-11,14,16,18H,3-5,9,12-13H2,1-2H3. The molecule has 3 nitrogen and oxygen atoms in total. The molecule has 2 unspecified atom stereocenters. The minimum Gasteiger partial charge on any atom is -0.463 e. The highest BCUT2D eigenvalue weighted by molar-refractivity contribution is 5.74. The van der Waals surface area contributed by atoms with Crippen LogP contribution in [0.2, 0.25) is 0 Å². The van der Waals surface area contributed by atoms with Crippen LogP contribution in [0.3, 0.4) is 0 Å². The van der Waals surface area contributed by atoms with Crippen LogP contribution in [0.1, 0.15) is 45.1 Å². The van der Waals surface area contributed by atoms with Crippen molar-refractivity contribution in [1.82, 2.24) is 0 Å². The highest BCUT2D eigenvalue weighted by Crippen LogP contribution is 2.13. The van der Waals surface area contributed by atoms with Crippen molar-refractivity contribution in [2.75, 3.05) is 6.61 Å². The Labute approximate surface area is 122 Å². The molecule has 1 aromatic carbocycles. The van der Waals surface area contributed by atoms with Crippen LogP contribution in [-0.4, -0.2) is 23.8 Å². The maximum absolute atomic E-state index is 11.8. The molecule has 0 saturated heterocycles. The van der Waals surface area contributed by atoms with Crippen LogP contribution >= 0.6 is 0 Å². The van der Waals surface area contributed by atoms with Gasteiger partial charge in [-0.05, 0) is 17.9 Å². The minimum atomic E-state index is -1.07. The van der Waals surface area contributed by atoms with Crippen molar-refractivity contribution in [3.8, 4) is 0 Å². The van der Waals surface area contributed by atoms with Gasteiger partial charge in [-0.3, -0.25) is 0 Å². The van der Waals surface area contributed by atoms with Crippen molar-refractivity contribution < 1.29 is 14.6 Å². The van der Waals surface area contributed by atoms with Crippen LogP contribution < -0.4 is 0 Å². The van der Waals surface area contributed by atoms with Gasteiger partial charge in [-0.15, -0.1) is 0 Å². The average molecular weight is 278 g/mol. The SMILES string of the molecule is CCCCC(CC)COC(=O)C(O)Cc1ccccc1. The van der Waals surface area contributed by atoms with E-state index in [2.05, 4.69) is 13.8 Å². The summed E-state index contributed by atoms with van der Waals surface area (Å²) in [5, 5.41) is 9.86. The minimum absolute atomic E-state index is 0.311. The third-order valence-corrected chi connectivity index (χ3v) is 3.55. The Hall–Kier alpha value is -1.35. The van der Waals surface area contributed by atoms with Crippen molar-refractivity contribution in [1.29, 1.82) is 0 Å². The van der Waals surface area contributed by atoms with Gasteiger partial charge in [-0.1, -0.05) is 63.4 Å². The molecule has 0 bridgehead atoms. The third kappa shape index (κ3) is 6.20. The predicted octanol–water partition coefficient (Wildman–Crippen LogP) is 3.35. The molecule has 1 aromatic rings. The molecule has 0 aliphatic carbocycles. The molecule has 2 atom stereocenters. The molecular weight excluding hydrogens is 252 g/mol. The molecule has 1 N–H and O–H groups in total. The lowest BCUT2D eigenvalue weighted by molar-refractivity contribution is -0.155. The van der Waals surface area contributed by atoms with Crippen LogP contribution in [0.25, 0.3) is 0 Å². The van der Waals surface area contributed by atoms with Gasteiger partial charge in [-0.2, -0.15) is 0 Å². The first-order valence-electron chi connectivity index (χ1n) is 7.56. The van der Waals surface area contributed by atoms with E-state index < -0.39 is 12.1 Å². The molecule has 0 fully saturated rings. The van der Waals surface area contributed by atoms with Crippen LogP contribution in [0, 0.1) is 5.92 Å². The van der Waals surface area contributed by atoms with Gasteiger partial charge in [0.2, 0.25) is 0 Å². The fraction of sp³-hybridized carbons (Fsp3) is 0.588. The number of ether oxygens (including phenoxy) is 1. The molecule has 112 valence electrons. The summed E-state index contributed by atoms with van der Waals surface area (Å²) in [5.74, 6) is -0.105.